The van der Waals surface area contributed by atoms with Gasteiger partial charge in [0, 0.05) is 17.8 Å². The third kappa shape index (κ3) is 3.39. The van der Waals surface area contributed by atoms with Gasteiger partial charge in [0.25, 0.3) is 0 Å². The van der Waals surface area contributed by atoms with Gasteiger partial charge >= 0.3 is 0 Å². The zero-order chi connectivity index (χ0) is 10.8. The molecule has 1 atom stereocenters. The first-order valence-electron chi connectivity index (χ1n) is 5.04. The summed E-state index contributed by atoms with van der Waals surface area (Å²) in [5, 5.41) is 6.60. The Hall–Kier alpha value is -0.410. The molecule has 3 heteroatoms. The molecule has 1 aromatic heterocycles. The monoisotopic (exact) mass is 212 g/mol. The lowest BCUT2D eigenvalue weighted by Crippen LogP contribution is -2.13. The van der Waals surface area contributed by atoms with E-state index in [-0.39, 0.29) is 0 Å². The molecule has 0 aromatic carbocycles. The van der Waals surface area contributed by atoms with E-state index in [1.54, 1.807) is 11.3 Å². The standard InChI is InChI=1S/C11H20N2S/c1-8(12-5)9-7-14-10(13-9)6-11(2,3)4/h7-8,12H,6H2,1-5H3. The maximum atomic E-state index is 4.62. The molecule has 1 unspecified atom stereocenters. The molecule has 2 nitrogen and oxygen atoms in total. The van der Waals surface area contributed by atoms with E-state index in [0.717, 1.165) is 12.1 Å². The van der Waals surface area contributed by atoms with Gasteiger partial charge in [0.05, 0.1) is 10.7 Å². The topological polar surface area (TPSA) is 24.9 Å². The fourth-order valence-corrected chi connectivity index (χ4v) is 2.39. The summed E-state index contributed by atoms with van der Waals surface area (Å²) in [7, 11) is 1.97. The molecule has 0 amide bonds. The molecule has 1 N–H and O–H groups in total. The van der Waals surface area contributed by atoms with Crippen molar-refractivity contribution in [3.63, 3.8) is 0 Å². The Morgan fingerprint density at radius 3 is 2.64 bits per heavy atom. The van der Waals surface area contributed by atoms with Gasteiger partial charge in [-0.25, -0.2) is 4.98 Å². The maximum absolute atomic E-state index is 4.62. The summed E-state index contributed by atoms with van der Waals surface area (Å²) in [6.07, 6.45) is 1.06. The summed E-state index contributed by atoms with van der Waals surface area (Å²) in [5.74, 6) is 0. The fraction of sp³-hybridized carbons (Fsp3) is 0.727. The van der Waals surface area contributed by atoms with E-state index in [9.17, 15) is 0 Å². The molecule has 0 fully saturated rings. The molecule has 1 heterocycles. The highest BCUT2D eigenvalue weighted by molar-refractivity contribution is 7.09. The van der Waals surface area contributed by atoms with E-state index in [4.69, 9.17) is 0 Å². The van der Waals surface area contributed by atoms with Crippen molar-refractivity contribution in [3.05, 3.63) is 16.1 Å². The lowest BCUT2D eigenvalue weighted by atomic mass is 9.93. The molecule has 14 heavy (non-hydrogen) atoms. The van der Waals surface area contributed by atoms with Crippen LogP contribution >= 0.6 is 11.3 Å². The molecular formula is C11H20N2S. The fourth-order valence-electron chi connectivity index (χ4n) is 1.21. The first kappa shape index (κ1) is 11.7. The number of aromatic nitrogens is 1. The van der Waals surface area contributed by atoms with Gasteiger partial charge in [-0.2, -0.15) is 0 Å². The Labute approximate surface area is 90.8 Å². The van der Waals surface area contributed by atoms with Crippen molar-refractivity contribution in [1.82, 2.24) is 10.3 Å². The first-order chi connectivity index (χ1) is 6.42. The summed E-state index contributed by atoms with van der Waals surface area (Å²) >= 11 is 1.77. The van der Waals surface area contributed by atoms with Crippen molar-refractivity contribution in [1.29, 1.82) is 0 Å². The zero-order valence-corrected chi connectivity index (χ0v) is 10.5. The molecule has 0 radical (unpaired) electrons. The van der Waals surface area contributed by atoms with Crippen LogP contribution in [0.4, 0.5) is 0 Å². The number of nitrogens with zero attached hydrogens (tertiary/aromatic N) is 1. The molecule has 1 aromatic rings. The normalized spacial score (nSPS) is 14.4. The van der Waals surface area contributed by atoms with Crippen LogP contribution in [-0.4, -0.2) is 12.0 Å². The van der Waals surface area contributed by atoms with Crippen LogP contribution in [0.1, 0.15) is 44.4 Å². The maximum Gasteiger partial charge on any atom is 0.0934 e. The first-order valence-corrected chi connectivity index (χ1v) is 5.92. The second-order valence-corrected chi connectivity index (χ2v) is 5.86. The summed E-state index contributed by atoms with van der Waals surface area (Å²) < 4.78 is 0. The lowest BCUT2D eigenvalue weighted by Gasteiger charge is -2.15. The van der Waals surface area contributed by atoms with E-state index >= 15 is 0 Å². The molecular weight excluding hydrogens is 192 g/mol. The number of hydrogen-bond acceptors (Lipinski definition) is 3. The van der Waals surface area contributed by atoms with Crippen molar-refractivity contribution in [2.75, 3.05) is 7.05 Å². The SMILES string of the molecule is CNC(C)c1csc(CC(C)(C)C)n1. The van der Waals surface area contributed by atoms with Crippen molar-refractivity contribution in [2.24, 2.45) is 5.41 Å². The summed E-state index contributed by atoms with van der Waals surface area (Å²) in [4.78, 5) is 4.62. The second kappa shape index (κ2) is 4.41. The number of hydrogen-bond donors (Lipinski definition) is 1. The average molecular weight is 212 g/mol. The number of thiazole rings is 1. The van der Waals surface area contributed by atoms with Crippen LogP contribution in [0.5, 0.6) is 0 Å². The summed E-state index contributed by atoms with van der Waals surface area (Å²) in [6, 6.07) is 0.361. The Balaban J connectivity index is 2.69. The molecule has 0 aliphatic carbocycles. The molecule has 0 aliphatic heterocycles. The van der Waals surface area contributed by atoms with E-state index < -0.39 is 0 Å². The van der Waals surface area contributed by atoms with Crippen LogP contribution in [0.25, 0.3) is 0 Å². The minimum absolute atomic E-state index is 0.331. The van der Waals surface area contributed by atoms with Gasteiger partial charge in [-0.15, -0.1) is 11.3 Å². The summed E-state index contributed by atoms with van der Waals surface area (Å²) in [5.41, 5.74) is 1.50. The van der Waals surface area contributed by atoms with Gasteiger partial charge in [0.1, 0.15) is 0 Å². The minimum Gasteiger partial charge on any atom is -0.312 e. The highest BCUT2D eigenvalue weighted by atomic mass is 32.1. The van der Waals surface area contributed by atoms with Crippen molar-refractivity contribution in [3.8, 4) is 0 Å². The highest BCUT2D eigenvalue weighted by Crippen LogP contribution is 2.24. The van der Waals surface area contributed by atoms with Gasteiger partial charge in [-0.05, 0) is 19.4 Å². The third-order valence-electron chi connectivity index (χ3n) is 2.13. The van der Waals surface area contributed by atoms with Crippen molar-refractivity contribution < 1.29 is 0 Å². The van der Waals surface area contributed by atoms with Crippen LogP contribution in [0.3, 0.4) is 0 Å². The van der Waals surface area contributed by atoms with E-state index in [1.807, 2.05) is 7.05 Å². The van der Waals surface area contributed by atoms with Crippen LogP contribution in [0, 0.1) is 5.41 Å². The molecule has 0 aliphatic rings. The van der Waals surface area contributed by atoms with Crippen LogP contribution in [-0.2, 0) is 6.42 Å². The summed E-state index contributed by atoms with van der Waals surface area (Å²) in [6.45, 7) is 8.87. The Kier molecular flexibility index (Phi) is 3.67. The molecule has 1 rings (SSSR count). The predicted octanol–water partition coefficient (Wildman–Crippen LogP) is 3.01. The Morgan fingerprint density at radius 1 is 1.50 bits per heavy atom. The second-order valence-electron chi connectivity index (χ2n) is 4.91. The Bertz CT molecular complexity index is 286. The number of nitrogens with one attached hydrogen (secondary N) is 1. The lowest BCUT2D eigenvalue weighted by molar-refractivity contribution is 0.409. The molecule has 0 saturated carbocycles. The highest BCUT2D eigenvalue weighted by Gasteiger charge is 2.15. The van der Waals surface area contributed by atoms with Gasteiger partial charge in [0.15, 0.2) is 0 Å². The smallest absolute Gasteiger partial charge is 0.0934 e. The Morgan fingerprint density at radius 2 is 2.14 bits per heavy atom. The molecule has 0 bridgehead atoms. The predicted molar refractivity (Wildman–Crippen MR) is 62.7 cm³/mol. The van der Waals surface area contributed by atoms with Crippen molar-refractivity contribution >= 4 is 11.3 Å². The van der Waals surface area contributed by atoms with Gasteiger partial charge < -0.3 is 5.32 Å². The zero-order valence-electron chi connectivity index (χ0n) is 9.72. The average Bonchev–Trinajstić information content (AvgIpc) is 2.48. The van der Waals surface area contributed by atoms with Crippen LogP contribution in [0.15, 0.2) is 5.38 Å². The van der Waals surface area contributed by atoms with E-state index in [0.29, 0.717) is 11.5 Å². The minimum atomic E-state index is 0.331. The largest absolute Gasteiger partial charge is 0.312 e. The van der Waals surface area contributed by atoms with Gasteiger partial charge in [-0.3, -0.25) is 0 Å². The molecule has 0 spiro atoms. The van der Waals surface area contributed by atoms with Gasteiger partial charge in [-0.1, -0.05) is 20.8 Å². The molecule has 80 valence electrons. The van der Waals surface area contributed by atoms with Crippen LogP contribution < -0.4 is 5.32 Å². The third-order valence-corrected chi connectivity index (χ3v) is 2.99. The van der Waals surface area contributed by atoms with Crippen molar-refractivity contribution in [2.45, 2.75) is 40.2 Å². The molecule has 0 saturated heterocycles. The number of rotatable bonds is 3. The van der Waals surface area contributed by atoms with E-state index in [2.05, 4.69) is 43.4 Å². The van der Waals surface area contributed by atoms with E-state index in [1.165, 1.54) is 5.01 Å². The van der Waals surface area contributed by atoms with Crippen LogP contribution in [0.2, 0.25) is 0 Å². The van der Waals surface area contributed by atoms with Gasteiger partial charge in [0.2, 0.25) is 0 Å². The quantitative estimate of drug-likeness (QED) is 0.833.